The molecule has 0 fully saturated rings. The molecule has 0 aliphatic carbocycles. The summed E-state index contributed by atoms with van der Waals surface area (Å²) in [6.45, 7) is 9.40. The summed E-state index contributed by atoms with van der Waals surface area (Å²) in [6.07, 6.45) is 1.27. The third-order valence-electron chi connectivity index (χ3n) is 12.7. The van der Waals surface area contributed by atoms with Crippen LogP contribution in [0.2, 0.25) is 5.02 Å². The highest BCUT2D eigenvalue weighted by molar-refractivity contribution is 9.10. The number of Topliss-reactive ketones (excluding diaryl/α,β-unsaturated/α-hetero) is 8. The number of ether oxygens (including phenoxy) is 6. The molecule has 0 unspecified atom stereocenters. The number of hydrogen-bond acceptors (Lipinski definition) is 18. The van der Waals surface area contributed by atoms with Crippen LogP contribution in [0.4, 0.5) is 8.78 Å². The molecule has 82 heavy (non-hydrogen) atoms. The van der Waals surface area contributed by atoms with Crippen LogP contribution in [0.5, 0.6) is 34.5 Å². The van der Waals surface area contributed by atoms with Crippen LogP contribution < -0.4 is 28.4 Å². The van der Waals surface area contributed by atoms with E-state index in [1.54, 1.807) is 46.3 Å². The number of rotatable bonds is 22. The lowest BCUT2D eigenvalue weighted by atomic mass is 10.00. The summed E-state index contributed by atoms with van der Waals surface area (Å²) < 4.78 is 63.4. The first-order valence-electron chi connectivity index (χ1n) is 25.1. The maximum absolute atomic E-state index is 14.4. The average Bonchev–Trinajstić information content (AvgIpc) is 4.48. The molecule has 2 atom stereocenters. The number of halogens is 4. The highest BCUT2D eigenvalue weighted by Crippen LogP contribution is 2.42. The maximum Gasteiger partial charge on any atom is 0.197 e. The van der Waals surface area contributed by atoms with Gasteiger partial charge in [-0.3, -0.25) is 28.8 Å². The van der Waals surface area contributed by atoms with Crippen LogP contribution in [0.25, 0.3) is 40.3 Å². The van der Waals surface area contributed by atoms with Gasteiger partial charge in [0.05, 0.1) is 71.7 Å². The molecule has 0 saturated carbocycles. The van der Waals surface area contributed by atoms with Crippen molar-refractivity contribution in [3.8, 4) is 34.5 Å². The highest BCUT2D eigenvalue weighted by atomic mass is 79.9. The van der Waals surface area contributed by atoms with Crippen molar-refractivity contribution in [3.63, 3.8) is 0 Å². The third-order valence-corrected chi connectivity index (χ3v) is 18.1. The second kappa shape index (κ2) is 30.2. The Bertz CT molecular complexity index is 3730. The average molecular weight is 1290 g/mol. The predicted octanol–water partition coefficient (Wildman–Crippen LogP) is 16.1. The number of methoxy groups -OCH3 is 6. The van der Waals surface area contributed by atoms with E-state index in [1.807, 2.05) is 30.3 Å². The molecule has 8 aromatic rings. The van der Waals surface area contributed by atoms with Gasteiger partial charge in [-0.1, -0.05) is 25.4 Å². The molecule has 0 radical (unpaired) electrons. The number of hydrogen-bond donors (Lipinski definition) is 0. The summed E-state index contributed by atoms with van der Waals surface area (Å²) in [5.41, 5.74) is 0. The van der Waals surface area contributed by atoms with Crippen molar-refractivity contribution < 1.29 is 75.6 Å². The molecule has 0 bridgehead atoms. The van der Waals surface area contributed by atoms with Crippen LogP contribution in [-0.4, -0.2) is 88.9 Å². The maximum atomic E-state index is 14.4. The van der Waals surface area contributed by atoms with Crippen molar-refractivity contribution in [2.45, 2.75) is 80.1 Å². The highest BCUT2D eigenvalue weighted by Gasteiger charge is 2.24. The molecule has 436 valence electrons. The molecule has 22 heteroatoms. The van der Waals surface area contributed by atoms with Crippen LogP contribution >= 0.6 is 72.9 Å². The molecule has 0 spiro atoms. The number of carbonyl (C=O) groups is 8. The number of benzene rings is 4. The first-order valence-corrected chi connectivity index (χ1v) is 29.6. The van der Waals surface area contributed by atoms with Crippen LogP contribution in [0, 0.1) is 23.5 Å². The van der Waals surface area contributed by atoms with E-state index in [4.69, 9.17) is 40.0 Å². The summed E-state index contributed by atoms with van der Waals surface area (Å²) in [7, 11) is 8.74. The zero-order valence-corrected chi connectivity index (χ0v) is 52.6. The Morgan fingerprint density at radius 3 is 1.20 bits per heavy atom. The summed E-state index contributed by atoms with van der Waals surface area (Å²) in [5.74, 6) is -0.0512. The van der Waals surface area contributed by atoms with Gasteiger partial charge < -0.3 is 38.0 Å². The summed E-state index contributed by atoms with van der Waals surface area (Å²) in [6, 6.07) is 17.5. The Balaban J connectivity index is 0.000000201. The molecule has 0 saturated heterocycles. The Labute approximate surface area is 502 Å². The molecule has 0 aliphatic rings. The first-order chi connectivity index (χ1) is 38.8. The van der Waals surface area contributed by atoms with Crippen molar-refractivity contribution >= 4 is 159 Å². The molecule has 4 heterocycles. The fraction of sp³-hybridized carbons (Fsp3) is 0.333. The summed E-state index contributed by atoms with van der Waals surface area (Å²) in [5, 5.41) is 3.10. The van der Waals surface area contributed by atoms with Crippen molar-refractivity contribution in [2.24, 2.45) is 11.8 Å². The van der Waals surface area contributed by atoms with E-state index in [0.29, 0.717) is 50.5 Å². The van der Waals surface area contributed by atoms with Crippen molar-refractivity contribution in [3.05, 3.63) is 101 Å². The number of ketones is 8. The fourth-order valence-corrected chi connectivity index (χ4v) is 12.7. The van der Waals surface area contributed by atoms with Crippen molar-refractivity contribution in [2.75, 3.05) is 42.7 Å². The Morgan fingerprint density at radius 1 is 0.451 bits per heavy atom. The van der Waals surface area contributed by atoms with E-state index < -0.39 is 11.6 Å². The first kappa shape index (κ1) is 66.3. The van der Waals surface area contributed by atoms with Crippen LogP contribution in [0.1, 0.15) is 119 Å². The number of carbonyl (C=O) groups excluding carboxylic acids is 8. The molecular formula is C60H60BrClF2O14S4. The Kier molecular flexibility index (Phi) is 24.4. The largest absolute Gasteiger partial charge is 0.496 e. The number of thiophene rings is 4. The monoisotopic (exact) mass is 1280 g/mol. The van der Waals surface area contributed by atoms with E-state index in [0.717, 1.165) is 30.4 Å². The van der Waals surface area contributed by atoms with Crippen LogP contribution in [0.3, 0.4) is 0 Å². The molecule has 0 aliphatic heterocycles. The van der Waals surface area contributed by atoms with E-state index >= 15 is 0 Å². The SMILES string of the molecule is COc1cc2cc(C(=O)CCC(C)=O)sc2cc1Cl.COc1cc2sc(C(=O)CCC(C)=O)cc2c(F)c1OC.COc1cc2sc(C(=O)C[C@H](C)C(C)=O)cc2c(F)c1OC.COc1cc2sc(C(=O)C[C@H](C)C(C)=O)cc2cc1Br. The van der Waals surface area contributed by atoms with Crippen LogP contribution in [0.15, 0.2) is 65.1 Å². The van der Waals surface area contributed by atoms with Gasteiger partial charge in [-0.25, -0.2) is 8.78 Å². The minimum absolute atomic E-state index is 0.00788. The smallest absolute Gasteiger partial charge is 0.197 e. The standard InChI is InChI=1S/C16H17FO4S.C15H15BrO3S.C15H15FO4S.C14H13ClO3S/c1-8(9(2)18)5-11(19)14-6-10-13(22-14)7-12(20-3)16(21-4)15(10)17;1-8(9(2)17)4-12(18)15-6-10-5-11(16)13(19-3)7-14(10)20-15;1-8(17)4-5-10(18)13-6-9-12(21-13)7-11(19-2)15(20-3)14(9)16;1-8(16)3-4-11(17)14-6-9-5-12(18-2)10(15)7-13(9)19-14/h6-8H,5H2,1-4H3;5-8H,4H2,1-3H3;6-7H,4-5H2,1-3H3;5-7H,3-4H2,1-2H3/t2*8-;;/m00../s1. The topological polar surface area (TPSA) is 192 Å². The minimum Gasteiger partial charge on any atom is -0.496 e. The van der Waals surface area contributed by atoms with E-state index in [9.17, 15) is 47.1 Å². The molecule has 8 rings (SSSR count). The molecule has 0 amide bonds. The lowest BCUT2D eigenvalue weighted by Crippen LogP contribution is -2.11. The minimum atomic E-state index is -0.549. The van der Waals surface area contributed by atoms with Gasteiger partial charge in [0.2, 0.25) is 0 Å². The molecule has 4 aromatic carbocycles. The molecule has 4 aromatic heterocycles. The third kappa shape index (κ3) is 16.8. The normalized spacial score (nSPS) is 11.5. The molecular weight excluding hydrogens is 1230 g/mol. The zero-order valence-electron chi connectivity index (χ0n) is 47.0. The van der Waals surface area contributed by atoms with Gasteiger partial charge >= 0.3 is 0 Å². The quantitative estimate of drug-likeness (QED) is 0.0582. The fourth-order valence-electron chi connectivity index (χ4n) is 7.70. The zero-order chi connectivity index (χ0) is 60.9. The van der Waals surface area contributed by atoms with Gasteiger partial charge in [-0.15, -0.1) is 45.3 Å². The van der Waals surface area contributed by atoms with Gasteiger partial charge in [-0.05, 0) is 103 Å². The molecule has 14 nitrogen and oxygen atoms in total. The summed E-state index contributed by atoms with van der Waals surface area (Å²) in [4.78, 5) is 94.9. The second-order valence-electron chi connectivity index (χ2n) is 18.7. The lowest BCUT2D eigenvalue weighted by molar-refractivity contribution is -0.120. The van der Waals surface area contributed by atoms with E-state index in [-0.39, 0.29) is 120 Å². The van der Waals surface area contributed by atoms with E-state index in [1.165, 1.54) is 114 Å². The number of fused-ring (bicyclic) bond motifs is 4. The van der Waals surface area contributed by atoms with Gasteiger partial charge in [0.15, 0.2) is 57.8 Å². The van der Waals surface area contributed by atoms with Crippen molar-refractivity contribution in [1.29, 1.82) is 0 Å². The van der Waals surface area contributed by atoms with Gasteiger partial charge in [-0.2, -0.15) is 0 Å². The van der Waals surface area contributed by atoms with Gasteiger partial charge in [0.25, 0.3) is 0 Å². The predicted molar refractivity (Wildman–Crippen MR) is 325 cm³/mol. The Hall–Kier alpha value is -6.49. The lowest BCUT2D eigenvalue weighted by Gasteiger charge is -2.08. The second-order valence-corrected chi connectivity index (χ2v) is 24.3. The van der Waals surface area contributed by atoms with Crippen LogP contribution in [-0.2, 0) is 19.2 Å². The van der Waals surface area contributed by atoms with Gasteiger partial charge in [0.1, 0.15) is 34.6 Å². The van der Waals surface area contributed by atoms with Gasteiger partial charge in [0, 0.05) is 92.1 Å². The Morgan fingerprint density at radius 2 is 0.805 bits per heavy atom. The molecule has 0 N–H and O–H groups in total. The summed E-state index contributed by atoms with van der Waals surface area (Å²) >= 11 is 14.7. The van der Waals surface area contributed by atoms with E-state index in [2.05, 4.69) is 15.9 Å². The van der Waals surface area contributed by atoms with Crippen molar-refractivity contribution in [1.82, 2.24) is 0 Å².